The van der Waals surface area contributed by atoms with Crippen molar-refractivity contribution >= 4 is 16.7 Å². The SMILES string of the molecule is C1=[SH]CCCCCCC1. The molecule has 1 heterocycles. The molecule has 0 saturated heterocycles. The zero-order valence-corrected chi connectivity index (χ0v) is 6.87. The zero-order chi connectivity index (χ0) is 6.36. The van der Waals surface area contributed by atoms with Crippen molar-refractivity contribution in [2.24, 2.45) is 0 Å². The maximum atomic E-state index is 2.44. The van der Waals surface area contributed by atoms with E-state index in [9.17, 15) is 0 Å². The Balaban J connectivity index is 2.15. The van der Waals surface area contributed by atoms with E-state index in [0.717, 1.165) is 0 Å². The summed E-state index contributed by atoms with van der Waals surface area (Å²) < 4.78 is 0. The van der Waals surface area contributed by atoms with Crippen LogP contribution in [0.3, 0.4) is 0 Å². The van der Waals surface area contributed by atoms with Crippen LogP contribution in [0.1, 0.15) is 38.5 Å². The second-order valence-corrected chi connectivity index (χ2v) is 3.82. The van der Waals surface area contributed by atoms with Gasteiger partial charge in [0.05, 0.1) is 0 Å². The highest BCUT2D eigenvalue weighted by Crippen LogP contribution is 2.09. The van der Waals surface area contributed by atoms with Crippen LogP contribution in [0.25, 0.3) is 0 Å². The molecule has 0 atom stereocenters. The normalized spacial score (nSPS) is 23.1. The summed E-state index contributed by atoms with van der Waals surface area (Å²) in [6.07, 6.45) is 8.67. The van der Waals surface area contributed by atoms with Gasteiger partial charge in [-0.05, 0) is 25.0 Å². The van der Waals surface area contributed by atoms with Gasteiger partial charge in [-0.15, -0.1) is 0 Å². The predicted molar refractivity (Wildman–Crippen MR) is 47.6 cm³/mol. The third-order valence-electron chi connectivity index (χ3n) is 1.75. The van der Waals surface area contributed by atoms with Crippen molar-refractivity contribution in [2.45, 2.75) is 38.5 Å². The number of rotatable bonds is 0. The van der Waals surface area contributed by atoms with Gasteiger partial charge in [-0.2, -0.15) is 0 Å². The summed E-state index contributed by atoms with van der Waals surface area (Å²) in [5.74, 6) is 1.42. The van der Waals surface area contributed by atoms with Gasteiger partial charge in [0.25, 0.3) is 0 Å². The Kier molecular flexibility index (Phi) is 4.10. The Morgan fingerprint density at radius 3 is 2.67 bits per heavy atom. The summed E-state index contributed by atoms with van der Waals surface area (Å²) in [6.45, 7) is 0. The van der Waals surface area contributed by atoms with Crippen molar-refractivity contribution in [1.29, 1.82) is 0 Å². The molecule has 1 aliphatic heterocycles. The Morgan fingerprint density at radius 2 is 1.67 bits per heavy atom. The van der Waals surface area contributed by atoms with E-state index in [2.05, 4.69) is 5.37 Å². The largest absolute Gasteiger partial charge is 0.204 e. The van der Waals surface area contributed by atoms with Gasteiger partial charge in [-0.3, -0.25) is 0 Å². The molecular formula is C8H16S. The molecule has 0 fully saturated rings. The van der Waals surface area contributed by atoms with Crippen LogP contribution in [0.15, 0.2) is 0 Å². The number of thiol groups is 1. The van der Waals surface area contributed by atoms with E-state index in [0.29, 0.717) is 0 Å². The van der Waals surface area contributed by atoms with Crippen LogP contribution in [0.2, 0.25) is 0 Å². The molecule has 0 amide bonds. The van der Waals surface area contributed by atoms with E-state index in [1.807, 2.05) is 0 Å². The van der Waals surface area contributed by atoms with Crippen molar-refractivity contribution < 1.29 is 0 Å². The second-order valence-electron chi connectivity index (χ2n) is 2.65. The molecule has 0 nitrogen and oxygen atoms in total. The van der Waals surface area contributed by atoms with Crippen molar-refractivity contribution in [3.8, 4) is 0 Å². The maximum Gasteiger partial charge on any atom is -0.0148 e. The molecule has 0 radical (unpaired) electrons. The first kappa shape index (κ1) is 7.33. The van der Waals surface area contributed by atoms with Crippen LogP contribution in [-0.4, -0.2) is 11.1 Å². The molecule has 1 rings (SSSR count). The molecule has 0 aliphatic carbocycles. The minimum Gasteiger partial charge on any atom is -0.204 e. The minimum absolute atomic E-state index is 1.36. The fraction of sp³-hybridized carbons (Fsp3) is 0.875. The molecule has 0 bridgehead atoms. The zero-order valence-electron chi connectivity index (χ0n) is 5.97. The third-order valence-corrected chi connectivity index (χ3v) is 2.84. The van der Waals surface area contributed by atoms with Gasteiger partial charge < -0.3 is 0 Å². The molecule has 1 aliphatic rings. The van der Waals surface area contributed by atoms with Crippen LogP contribution in [-0.2, 0) is 0 Å². The summed E-state index contributed by atoms with van der Waals surface area (Å²) in [4.78, 5) is 0. The predicted octanol–water partition coefficient (Wildman–Crippen LogP) is 2.61. The first-order chi connectivity index (χ1) is 4.50. The number of hydrogen-bond donors (Lipinski definition) is 1. The highest BCUT2D eigenvalue weighted by molar-refractivity contribution is 7.97. The smallest absolute Gasteiger partial charge is 0.0148 e. The lowest BCUT2D eigenvalue weighted by atomic mass is 10.1. The second kappa shape index (κ2) is 5.04. The summed E-state index contributed by atoms with van der Waals surface area (Å²) in [7, 11) is 0. The first-order valence-electron chi connectivity index (χ1n) is 3.98. The van der Waals surface area contributed by atoms with Crippen molar-refractivity contribution in [1.82, 2.24) is 0 Å². The summed E-state index contributed by atoms with van der Waals surface area (Å²) in [6, 6.07) is 0. The lowest BCUT2D eigenvalue weighted by Gasteiger charge is -1.93. The van der Waals surface area contributed by atoms with Gasteiger partial charge in [0.1, 0.15) is 0 Å². The van der Waals surface area contributed by atoms with Crippen LogP contribution in [0.5, 0.6) is 0 Å². The Morgan fingerprint density at radius 1 is 0.889 bits per heavy atom. The summed E-state index contributed by atoms with van der Waals surface area (Å²) in [5.41, 5.74) is 0. The monoisotopic (exact) mass is 144 g/mol. The Labute approximate surface area is 61.6 Å². The van der Waals surface area contributed by atoms with Crippen molar-refractivity contribution in [3.63, 3.8) is 0 Å². The molecular weight excluding hydrogens is 128 g/mol. The van der Waals surface area contributed by atoms with E-state index in [1.165, 1.54) is 44.3 Å². The molecule has 0 aromatic carbocycles. The van der Waals surface area contributed by atoms with Crippen LogP contribution >= 0.6 is 11.4 Å². The molecule has 0 saturated carbocycles. The standard InChI is InChI=1S/C8H16S/c1-2-4-6-8-9-7-5-3-1/h7,9H,1-6,8H2. The molecule has 1 heteroatoms. The molecule has 0 aromatic rings. The van der Waals surface area contributed by atoms with Gasteiger partial charge >= 0.3 is 0 Å². The van der Waals surface area contributed by atoms with E-state index in [-0.39, 0.29) is 0 Å². The highest BCUT2D eigenvalue weighted by Gasteiger charge is 1.90. The third kappa shape index (κ3) is 3.74. The quantitative estimate of drug-likeness (QED) is 0.392. The summed E-state index contributed by atoms with van der Waals surface area (Å²) in [5, 5.41) is 2.44. The Bertz CT molecular complexity index is 76.6. The van der Waals surface area contributed by atoms with Gasteiger partial charge in [0.2, 0.25) is 0 Å². The topological polar surface area (TPSA) is 0 Å². The molecule has 0 aromatic heterocycles. The maximum absolute atomic E-state index is 2.44. The van der Waals surface area contributed by atoms with Crippen LogP contribution in [0.4, 0.5) is 0 Å². The van der Waals surface area contributed by atoms with Gasteiger partial charge in [-0.25, -0.2) is 11.4 Å². The fourth-order valence-electron chi connectivity index (χ4n) is 1.15. The average molecular weight is 144 g/mol. The lowest BCUT2D eigenvalue weighted by Crippen LogP contribution is -1.77. The summed E-state index contributed by atoms with van der Waals surface area (Å²) >= 11 is 1.59. The van der Waals surface area contributed by atoms with Crippen LogP contribution in [0, 0.1) is 0 Å². The molecule has 0 N–H and O–H groups in total. The average Bonchev–Trinajstić information content (AvgIpc) is 2.00. The molecule has 0 unspecified atom stereocenters. The molecule has 9 heavy (non-hydrogen) atoms. The molecule has 54 valence electrons. The fourth-order valence-corrected chi connectivity index (χ4v) is 2.11. The van der Waals surface area contributed by atoms with E-state index >= 15 is 0 Å². The van der Waals surface area contributed by atoms with Gasteiger partial charge in [-0.1, -0.05) is 24.6 Å². The molecule has 0 spiro atoms. The van der Waals surface area contributed by atoms with E-state index in [4.69, 9.17) is 0 Å². The van der Waals surface area contributed by atoms with Gasteiger partial charge in [0.15, 0.2) is 0 Å². The van der Waals surface area contributed by atoms with Crippen LogP contribution < -0.4 is 0 Å². The van der Waals surface area contributed by atoms with E-state index < -0.39 is 0 Å². The van der Waals surface area contributed by atoms with E-state index in [1.54, 1.807) is 11.4 Å². The van der Waals surface area contributed by atoms with Gasteiger partial charge in [0, 0.05) is 0 Å². The number of hydrogen-bond acceptors (Lipinski definition) is 0. The first-order valence-corrected chi connectivity index (χ1v) is 5.13. The van der Waals surface area contributed by atoms with Crippen molar-refractivity contribution in [2.75, 3.05) is 5.75 Å². The Hall–Kier alpha value is 0.220. The minimum atomic E-state index is 1.36. The highest BCUT2D eigenvalue weighted by atomic mass is 32.1. The van der Waals surface area contributed by atoms with Crippen molar-refractivity contribution in [3.05, 3.63) is 0 Å². The lowest BCUT2D eigenvalue weighted by molar-refractivity contribution is 0.651.